The van der Waals surface area contributed by atoms with Crippen LogP contribution < -0.4 is 4.90 Å². The molecule has 2 aromatic rings. The highest BCUT2D eigenvalue weighted by Crippen LogP contribution is 2.30. The monoisotopic (exact) mass is 422 g/mol. The van der Waals surface area contributed by atoms with Gasteiger partial charge in [-0.05, 0) is 34.7 Å². The van der Waals surface area contributed by atoms with Crippen LogP contribution in [-0.2, 0) is 12.0 Å². The Balaban J connectivity index is 1.53. The van der Waals surface area contributed by atoms with Gasteiger partial charge in [0.1, 0.15) is 0 Å². The highest BCUT2D eigenvalue weighted by atomic mass is 32.2. The van der Waals surface area contributed by atoms with Gasteiger partial charge in [0.05, 0.1) is 5.75 Å². The number of hydrogen-bond acceptors (Lipinski definition) is 3. The standard InChI is InChI=1S/C23H29F3N2S/c1-22(2,3)19-9-7-18(8-10-19)16-27-11-13-28(14-12-27)20-5-4-6-21(15-20)29-17-23(24,25)26/h4-10,15H,11-14,16-17H2,1-3H3. The Bertz CT molecular complexity index is 789. The molecule has 1 heterocycles. The highest BCUT2D eigenvalue weighted by molar-refractivity contribution is 7.99. The van der Waals surface area contributed by atoms with Crippen LogP contribution in [0.25, 0.3) is 0 Å². The maximum atomic E-state index is 12.5. The Labute approximate surface area is 176 Å². The molecule has 1 fully saturated rings. The number of piperazine rings is 1. The molecule has 0 unspecified atom stereocenters. The summed E-state index contributed by atoms with van der Waals surface area (Å²) >= 11 is 0.848. The maximum Gasteiger partial charge on any atom is 0.398 e. The predicted molar refractivity (Wildman–Crippen MR) is 116 cm³/mol. The zero-order valence-electron chi connectivity index (χ0n) is 17.3. The van der Waals surface area contributed by atoms with Gasteiger partial charge < -0.3 is 4.90 Å². The molecule has 158 valence electrons. The van der Waals surface area contributed by atoms with Crippen molar-refractivity contribution in [3.05, 3.63) is 59.7 Å². The first-order valence-corrected chi connectivity index (χ1v) is 10.9. The molecule has 0 bridgehead atoms. The zero-order chi connectivity index (χ0) is 21.1. The highest BCUT2D eigenvalue weighted by Gasteiger charge is 2.27. The third kappa shape index (κ3) is 6.68. The molecular formula is C23H29F3N2S. The van der Waals surface area contributed by atoms with E-state index in [0.29, 0.717) is 4.90 Å². The van der Waals surface area contributed by atoms with Crippen LogP contribution in [0.2, 0.25) is 0 Å². The number of benzene rings is 2. The third-order valence-electron chi connectivity index (χ3n) is 5.18. The lowest BCUT2D eigenvalue weighted by Gasteiger charge is -2.36. The number of rotatable bonds is 5. The molecule has 0 aromatic heterocycles. The molecule has 3 rings (SSSR count). The Hall–Kier alpha value is -1.66. The zero-order valence-corrected chi connectivity index (χ0v) is 18.1. The molecule has 0 radical (unpaired) electrons. The summed E-state index contributed by atoms with van der Waals surface area (Å²) in [5, 5.41) is 0. The number of anilines is 1. The third-order valence-corrected chi connectivity index (χ3v) is 6.24. The summed E-state index contributed by atoms with van der Waals surface area (Å²) in [7, 11) is 0. The van der Waals surface area contributed by atoms with E-state index >= 15 is 0 Å². The number of halogens is 3. The minimum atomic E-state index is -4.14. The van der Waals surface area contributed by atoms with Crippen molar-refractivity contribution in [1.82, 2.24) is 4.90 Å². The second kappa shape index (κ2) is 9.00. The van der Waals surface area contributed by atoms with Crippen molar-refractivity contribution in [3.63, 3.8) is 0 Å². The number of thioether (sulfide) groups is 1. The summed E-state index contributed by atoms with van der Waals surface area (Å²) in [6.07, 6.45) is -4.14. The van der Waals surface area contributed by atoms with Crippen LogP contribution in [0.15, 0.2) is 53.4 Å². The summed E-state index contributed by atoms with van der Waals surface area (Å²) in [6, 6.07) is 16.3. The van der Waals surface area contributed by atoms with Crippen LogP contribution in [0.4, 0.5) is 18.9 Å². The molecule has 0 atom stereocenters. The fourth-order valence-electron chi connectivity index (χ4n) is 3.47. The summed E-state index contributed by atoms with van der Waals surface area (Å²) in [4.78, 5) is 5.36. The van der Waals surface area contributed by atoms with E-state index in [9.17, 15) is 13.2 Å². The Kier molecular flexibility index (Phi) is 6.84. The average Bonchev–Trinajstić information content (AvgIpc) is 2.66. The Morgan fingerprint density at radius 1 is 0.897 bits per heavy atom. The van der Waals surface area contributed by atoms with E-state index in [-0.39, 0.29) is 5.41 Å². The van der Waals surface area contributed by atoms with Crippen LogP contribution in [0.3, 0.4) is 0 Å². The second-order valence-electron chi connectivity index (χ2n) is 8.61. The minimum absolute atomic E-state index is 0.164. The van der Waals surface area contributed by atoms with Crippen molar-refractivity contribution in [2.75, 3.05) is 36.8 Å². The summed E-state index contributed by atoms with van der Waals surface area (Å²) in [5.41, 5.74) is 3.83. The number of alkyl halides is 3. The van der Waals surface area contributed by atoms with E-state index in [4.69, 9.17) is 0 Å². The lowest BCUT2D eigenvalue weighted by Crippen LogP contribution is -2.45. The van der Waals surface area contributed by atoms with Gasteiger partial charge >= 0.3 is 6.18 Å². The van der Waals surface area contributed by atoms with Crippen molar-refractivity contribution < 1.29 is 13.2 Å². The molecule has 6 heteroatoms. The first kappa shape index (κ1) is 22.0. The average molecular weight is 423 g/mol. The molecule has 0 amide bonds. The normalized spacial score (nSPS) is 16.3. The molecular weight excluding hydrogens is 393 g/mol. The molecule has 0 saturated carbocycles. The van der Waals surface area contributed by atoms with E-state index in [2.05, 4.69) is 54.8 Å². The van der Waals surface area contributed by atoms with Gasteiger partial charge in [-0.25, -0.2) is 0 Å². The fraction of sp³-hybridized carbons (Fsp3) is 0.478. The smallest absolute Gasteiger partial charge is 0.369 e. The van der Waals surface area contributed by atoms with Crippen LogP contribution in [0.1, 0.15) is 31.9 Å². The summed E-state index contributed by atoms with van der Waals surface area (Å²) < 4.78 is 37.4. The first-order valence-electron chi connectivity index (χ1n) is 9.96. The van der Waals surface area contributed by atoms with Crippen molar-refractivity contribution in [2.45, 2.75) is 43.8 Å². The second-order valence-corrected chi connectivity index (χ2v) is 9.66. The summed E-state index contributed by atoms with van der Waals surface area (Å²) in [6.45, 7) is 11.2. The molecule has 1 saturated heterocycles. The van der Waals surface area contributed by atoms with Gasteiger partial charge in [0, 0.05) is 43.3 Å². The summed E-state index contributed by atoms with van der Waals surface area (Å²) in [5.74, 6) is -0.849. The minimum Gasteiger partial charge on any atom is -0.369 e. The van der Waals surface area contributed by atoms with Gasteiger partial charge in [-0.3, -0.25) is 4.90 Å². The molecule has 29 heavy (non-hydrogen) atoms. The molecule has 2 aromatic carbocycles. The molecule has 0 aliphatic carbocycles. The van der Waals surface area contributed by atoms with E-state index in [1.54, 1.807) is 6.07 Å². The van der Waals surface area contributed by atoms with Crippen molar-refractivity contribution in [3.8, 4) is 0 Å². The van der Waals surface area contributed by atoms with Gasteiger partial charge in [0.25, 0.3) is 0 Å². The molecule has 0 N–H and O–H groups in total. The van der Waals surface area contributed by atoms with Gasteiger partial charge in [-0.2, -0.15) is 13.2 Å². The molecule has 2 nitrogen and oxygen atoms in total. The SMILES string of the molecule is CC(C)(C)c1ccc(CN2CCN(c3cccc(SCC(F)(F)F)c3)CC2)cc1. The Morgan fingerprint density at radius 3 is 2.14 bits per heavy atom. The van der Waals surface area contributed by atoms with Gasteiger partial charge in [-0.1, -0.05) is 51.1 Å². The topological polar surface area (TPSA) is 6.48 Å². The van der Waals surface area contributed by atoms with E-state index in [1.165, 1.54) is 11.1 Å². The Morgan fingerprint density at radius 2 is 1.55 bits per heavy atom. The van der Waals surface area contributed by atoms with Crippen molar-refractivity contribution in [1.29, 1.82) is 0 Å². The molecule has 0 spiro atoms. The fourth-order valence-corrected chi connectivity index (χ4v) is 4.18. The van der Waals surface area contributed by atoms with E-state index in [1.807, 2.05) is 18.2 Å². The van der Waals surface area contributed by atoms with Crippen LogP contribution in [0.5, 0.6) is 0 Å². The largest absolute Gasteiger partial charge is 0.398 e. The number of hydrogen-bond donors (Lipinski definition) is 0. The first-order chi connectivity index (χ1) is 13.6. The van der Waals surface area contributed by atoms with Crippen LogP contribution in [-0.4, -0.2) is 43.0 Å². The lowest BCUT2D eigenvalue weighted by atomic mass is 9.87. The quantitative estimate of drug-likeness (QED) is 0.549. The predicted octanol–water partition coefficient (Wildman–Crippen LogP) is 5.96. The maximum absolute atomic E-state index is 12.5. The number of nitrogens with zero attached hydrogens (tertiary/aromatic N) is 2. The van der Waals surface area contributed by atoms with Crippen LogP contribution >= 0.6 is 11.8 Å². The molecule has 1 aliphatic heterocycles. The van der Waals surface area contributed by atoms with Gasteiger partial charge in [0.2, 0.25) is 0 Å². The van der Waals surface area contributed by atoms with Gasteiger partial charge in [0.15, 0.2) is 0 Å². The lowest BCUT2D eigenvalue weighted by molar-refractivity contribution is -0.105. The van der Waals surface area contributed by atoms with Crippen molar-refractivity contribution in [2.24, 2.45) is 0 Å². The molecule has 1 aliphatic rings. The van der Waals surface area contributed by atoms with Crippen LogP contribution in [0, 0.1) is 0 Å². The van der Waals surface area contributed by atoms with Gasteiger partial charge in [-0.15, -0.1) is 11.8 Å². The van der Waals surface area contributed by atoms with E-state index in [0.717, 1.165) is 50.2 Å². The van der Waals surface area contributed by atoms with Crippen molar-refractivity contribution >= 4 is 17.4 Å². The van der Waals surface area contributed by atoms with E-state index < -0.39 is 11.9 Å².